The van der Waals surface area contributed by atoms with E-state index in [0.717, 1.165) is 22.0 Å². The second kappa shape index (κ2) is 5.27. The third-order valence-electron chi connectivity index (χ3n) is 3.12. The minimum Gasteiger partial charge on any atom is -0.384 e. The Balaban J connectivity index is 2.20. The molecule has 4 nitrogen and oxygen atoms in total. The first-order valence-corrected chi connectivity index (χ1v) is 6.38. The number of nitrogens with zero attached hydrogens (tertiary/aromatic N) is 2. The molecule has 1 heterocycles. The summed E-state index contributed by atoms with van der Waals surface area (Å²) in [7, 11) is 1.63. The van der Waals surface area contributed by atoms with E-state index in [1.807, 2.05) is 24.3 Å². The van der Waals surface area contributed by atoms with Gasteiger partial charge in [0.1, 0.15) is 5.82 Å². The average molecular weight is 265 g/mol. The molecule has 20 heavy (non-hydrogen) atoms. The smallest absolute Gasteiger partial charge is 0.162 e. The molecule has 1 aromatic heterocycles. The summed E-state index contributed by atoms with van der Waals surface area (Å²) >= 11 is 0. The molecular weight excluding hydrogens is 250 g/mol. The van der Waals surface area contributed by atoms with Crippen molar-refractivity contribution in [2.45, 2.75) is 6.61 Å². The topological polar surface area (TPSA) is 61.0 Å². The summed E-state index contributed by atoms with van der Waals surface area (Å²) in [5.74, 6) is 1.09. The van der Waals surface area contributed by atoms with Gasteiger partial charge in [-0.1, -0.05) is 42.5 Å². The molecule has 0 saturated heterocycles. The Kier molecular flexibility index (Phi) is 3.31. The minimum absolute atomic E-state index is 0.421. The van der Waals surface area contributed by atoms with Gasteiger partial charge in [-0.05, 0) is 10.8 Å². The molecule has 0 aliphatic carbocycles. The van der Waals surface area contributed by atoms with Crippen molar-refractivity contribution in [2.75, 3.05) is 12.8 Å². The van der Waals surface area contributed by atoms with Crippen LogP contribution in [0.25, 0.3) is 22.2 Å². The Bertz CT molecular complexity index is 750. The zero-order valence-electron chi connectivity index (χ0n) is 11.2. The number of hydrogen-bond donors (Lipinski definition) is 1. The van der Waals surface area contributed by atoms with Gasteiger partial charge in [0.15, 0.2) is 5.82 Å². The fourth-order valence-corrected chi connectivity index (χ4v) is 2.28. The summed E-state index contributed by atoms with van der Waals surface area (Å²) in [6.07, 6.45) is 0. The molecule has 0 saturated carbocycles. The van der Waals surface area contributed by atoms with Crippen molar-refractivity contribution in [3.63, 3.8) is 0 Å². The van der Waals surface area contributed by atoms with Crippen molar-refractivity contribution in [3.8, 4) is 11.4 Å². The highest BCUT2D eigenvalue weighted by Gasteiger charge is 2.08. The van der Waals surface area contributed by atoms with Crippen LogP contribution in [0.4, 0.5) is 5.82 Å². The van der Waals surface area contributed by atoms with Crippen LogP contribution in [0.1, 0.15) is 5.69 Å². The number of aromatic nitrogens is 2. The van der Waals surface area contributed by atoms with E-state index in [9.17, 15) is 0 Å². The van der Waals surface area contributed by atoms with Crippen molar-refractivity contribution >= 4 is 16.6 Å². The van der Waals surface area contributed by atoms with Gasteiger partial charge in [0.05, 0.1) is 12.3 Å². The third-order valence-corrected chi connectivity index (χ3v) is 3.12. The average Bonchev–Trinajstić information content (AvgIpc) is 2.46. The van der Waals surface area contributed by atoms with E-state index in [-0.39, 0.29) is 0 Å². The number of benzene rings is 2. The highest BCUT2D eigenvalue weighted by molar-refractivity contribution is 5.95. The Morgan fingerprint density at radius 3 is 2.70 bits per heavy atom. The molecule has 0 radical (unpaired) electrons. The maximum Gasteiger partial charge on any atom is 0.162 e. The zero-order valence-corrected chi connectivity index (χ0v) is 11.2. The van der Waals surface area contributed by atoms with Crippen molar-refractivity contribution in [1.82, 2.24) is 9.97 Å². The predicted molar refractivity (Wildman–Crippen MR) is 80.1 cm³/mol. The lowest BCUT2D eigenvalue weighted by Gasteiger charge is -2.08. The van der Waals surface area contributed by atoms with Crippen LogP contribution in [0.5, 0.6) is 0 Å². The summed E-state index contributed by atoms with van der Waals surface area (Å²) in [6.45, 7) is 0.421. The molecule has 100 valence electrons. The van der Waals surface area contributed by atoms with Crippen LogP contribution in [0, 0.1) is 0 Å². The monoisotopic (exact) mass is 265 g/mol. The van der Waals surface area contributed by atoms with E-state index in [4.69, 9.17) is 10.5 Å². The maximum absolute atomic E-state index is 5.86. The molecule has 0 fully saturated rings. The molecule has 0 aliphatic heterocycles. The summed E-state index contributed by atoms with van der Waals surface area (Å²) in [5, 5.41) is 2.27. The molecule has 0 atom stereocenters. The second-order valence-corrected chi connectivity index (χ2v) is 4.57. The van der Waals surface area contributed by atoms with Crippen molar-refractivity contribution in [3.05, 3.63) is 54.2 Å². The molecule has 0 aliphatic rings. The fourth-order valence-electron chi connectivity index (χ4n) is 2.28. The van der Waals surface area contributed by atoms with Crippen molar-refractivity contribution in [1.29, 1.82) is 0 Å². The number of nitrogen functional groups attached to an aromatic ring is 1. The van der Waals surface area contributed by atoms with Gasteiger partial charge in [-0.3, -0.25) is 0 Å². The lowest BCUT2D eigenvalue weighted by molar-refractivity contribution is 0.181. The Morgan fingerprint density at radius 1 is 1.05 bits per heavy atom. The lowest BCUT2D eigenvalue weighted by atomic mass is 10.0. The Labute approximate surface area is 117 Å². The van der Waals surface area contributed by atoms with E-state index >= 15 is 0 Å². The molecule has 4 heteroatoms. The van der Waals surface area contributed by atoms with Crippen molar-refractivity contribution < 1.29 is 4.74 Å². The fraction of sp³-hybridized carbons (Fsp3) is 0.125. The Hall–Kier alpha value is -2.46. The summed E-state index contributed by atoms with van der Waals surface area (Å²) in [4.78, 5) is 8.88. The SMILES string of the molecule is COCc1cc(N)nc(-c2cccc3ccccc23)n1. The molecule has 0 unspecified atom stereocenters. The number of ether oxygens (including phenoxy) is 1. The van der Waals surface area contributed by atoms with Crippen LogP contribution in [0.15, 0.2) is 48.5 Å². The van der Waals surface area contributed by atoms with Crippen LogP contribution in [0.3, 0.4) is 0 Å². The quantitative estimate of drug-likeness (QED) is 0.790. The largest absolute Gasteiger partial charge is 0.384 e. The van der Waals surface area contributed by atoms with E-state index in [2.05, 4.69) is 28.2 Å². The van der Waals surface area contributed by atoms with Gasteiger partial charge in [0.2, 0.25) is 0 Å². The molecular formula is C16H15N3O. The number of nitrogens with two attached hydrogens (primary N) is 1. The maximum atomic E-state index is 5.86. The molecule has 2 aromatic carbocycles. The van der Waals surface area contributed by atoms with Gasteiger partial charge in [0.25, 0.3) is 0 Å². The molecule has 3 rings (SSSR count). The molecule has 2 N–H and O–H groups in total. The highest BCUT2D eigenvalue weighted by atomic mass is 16.5. The van der Waals surface area contributed by atoms with E-state index in [1.54, 1.807) is 13.2 Å². The molecule has 0 spiro atoms. The number of rotatable bonds is 3. The third kappa shape index (κ3) is 2.33. The van der Waals surface area contributed by atoms with Crippen LogP contribution in [-0.2, 0) is 11.3 Å². The van der Waals surface area contributed by atoms with Gasteiger partial charge in [-0.25, -0.2) is 9.97 Å². The summed E-state index contributed by atoms with van der Waals surface area (Å²) in [5.41, 5.74) is 7.62. The first-order valence-electron chi connectivity index (χ1n) is 6.38. The lowest BCUT2D eigenvalue weighted by Crippen LogP contribution is -2.01. The number of anilines is 1. The van der Waals surface area contributed by atoms with E-state index in [1.165, 1.54) is 0 Å². The molecule has 0 bridgehead atoms. The van der Waals surface area contributed by atoms with Crippen LogP contribution >= 0.6 is 0 Å². The van der Waals surface area contributed by atoms with Gasteiger partial charge >= 0.3 is 0 Å². The van der Waals surface area contributed by atoms with E-state index < -0.39 is 0 Å². The first-order chi connectivity index (χ1) is 9.78. The van der Waals surface area contributed by atoms with Gasteiger partial charge < -0.3 is 10.5 Å². The highest BCUT2D eigenvalue weighted by Crippen LogP contribution is 2.26. The predicted octanol–water partition coefficient (Wildman–Crippen LogP) is 3.03. The number of fused-ring (bicyclic) bond motifs is 1. The minimum atomic E-state index is 0.421. The number of hydrogen-bond acceptors (Lipinski definition) is 4. The first kappa shape index (κ1) is 12.6. The van der Waals surface area contributed by atoms with Gasteiger partial charge in [-0.15, -0.1) is 0 Å². The van der Waals surface area contributed by atoms with Gasteiger partial charge in [-0.2, -0.15) is 0 Å². The van der Waals surface area contributed by atoms with Crippen LogP contribution in [-0.4, -0.2) is 17.1 Å². The second-order valence-electron chi connectivity index (χ2n) is 4.57. The van der Waals surface area contributed by atoms with Crippen LogP contribution in [0.2, 0.25) is 0 Å². The molecule has 3 aromatic rings. The molecule has 0 amide bonds. The standard InChI is InChI=1S/C16H15N3O/c1-20-10-12-9-15(17)19-16(18-12)14-8-4-6-11-5-2-3-7-13(11)14/h2-9H,10H2,1H3,(H2,17,18,19). The summed E-state index contributed by atoms with van der Waals surface area (Å²) < 4.78 is 5.12. The Morgan fingerprint density at radius 2 is 1.85 bits per heavy atom. The van der Waals surface area contributed by atoms with Crippen LogP contribution < -0.4 is 5.73 Å². The summed E-state index contributed by atoms with van der Waals surface area (Å²) in [6, 6.07) is 16.0. The van der Waals surface area contributed by atoms with Gasteiger partial charge in [0, 0.05) is 18.7 Å². The zero-order chi connectivity index (χ0) is 13.9. The van der Waals surface area contributed by atoms with Crippen molar-refractivity contribution in [2.24, 2.45) is 0 Å². The number of methoxy groups -OCH3 is 1. The van der Waals surface area contributed by atoms with E-state index in [0.29, 0.717) is 18.2 Å². The normalized spacial score (nSPS) is 10.8.